The molecule has 0 spiro atoms. The number of hydrogen-bond donors (Lipinski definition) is 1. The highest BCUT2D eigenvalue weighted by Crippen LogP contribution is 2.56. The predicted octanol–water partition coefficient (Wildman–Crippen LogP) is 6.67. The average molecular weight is 529 g/mol. The molecule has 0 fully saturated rings. The van der Waals surface area contributed by atoms with Gasteiger partial charge in [0.25, 0.3) is 0 Å². The van der Waals surface area contributed by atoms with Gasteiger partial charge >= 0.3 is 6.09 Å². The van der Waals surface area contributed by atoms with Crippen molar-refractivity contribution in [2.45, 2.75) is 32.8 Å². The topological polar surface area (TPSA) is 62.2 Å². The summed E-state index contributed by atoms with van der Waals surface area (Å²) in [5.41, 5.74) is 2.02. The minimum absolute atomic E-state index is 0.114. The maximum atomic E-state index is 12.4. The van der Waals surface area contributed by atoms with Crippen molar-refractivity contribution in [1.29, 1.82) is 0 Å². The Hall–Kier alpha value is -2.51. The second kappa shape index (κ2) is 10.6. The zero-order valence-electron chi connectivity index (χ0n) is 20.0. The molecule has 1 heterocycles. The third kappa shape index (κ3) is 5.51. The summed E-state index contributed by atoms with van der Waals surface area (Å²) in [7, 11) is 0. The maximum Gasteiger partial charge on any atom is 0.412 e. The summed E-state index contributed by atoms with van der Waals surface area (Å²) < 4.78 is 14.4. The first kappa shape index (κ1) is 25.6. The molecule has 0 saturated heterocycles. The van der Waals surface area contributed by atoms with Crippen LogP contribution in [-0.2, 0) is 22.8 Å². The molecule has 0 radical (unpaired) electrons. The fourth-order valence-electron chi connectivity index (χ4n) is 4.03. The van der Waals surface area contributed by atoms with Crippen molar-refractivity contribution in [2.75, 3.05) is 21.5 Å². The van der Waals surface area contributed by atoms with Crippen LogP contribution in [0.1, 0.15) is 26.3 Å². The van der Waals surface area contributed by atoms with Gasteiger partial charge in [0.15, 0.2) is 6.42 Å². The van der Waals surface area contributed by atoms with Crippen LogP contribution in [0.4, 0.5) is 16.2 Å². The number of ether oxygens (including phenoxy) is 1. The molecule has 3 aromatic carbocycles. The van der Waals surface area contributed by atoms with Crippen LogP contribution in [0.3, 0.4) is 0 Å². The molecule has 0 saturated carbocycles. The van der Waals surface area contributed by atoms with E-state index in [1.54, 1.807) is 6.07 Å². The summed E-state index contributed by atoms with van der Waals surface area (Å²) in [4.78, 5) is 13.8. The Bertz CT molecular complexity index is 1220. The van der Waals surface area contributed by atoms with Crippen LogP contribution in [-0.4, -0.2) is 29.3 Å². The van der Waals surface area contributed by atoms with E-state index in [1.807, 2.05) is 97.6 Å². The number of carbonyl (C=O) groups is 1. The second-order valence-electron chi connectivity index (χ2n) is 8.65. The number of anilines is 2. The summed E-state index contributed by atoms with van der Waals surface area (Å²) >= 11 is 7.55. The molecule has 1 N–H and O–H groups in total. The van der Waals surface area contributed by atoms with Crippen LogP contribution in [0.25, 0.3) is 0 Å². The van der Waals surface area contributed by atoms with Crippen molar-refractivity contribution in [2.24, 2.45) is 0 Å². The first-order chi connectivity index (χ1) is 16.7. The molecule has 1 unspecified atom stereocenters. The number of para-hydroxylation sites is 2. The SMILES string of the molecule is CCOP(=S)(c1ccccc1)N(SCN(C(=O)O)c1cccc2c1OC(C)(C)C2)c1ccccc1. The molecule has 3 aromatic rings. The van der Waals surface area contributed by atoms with E-state index in [2.05, 4.69) is 0 Å². The Kier molecular flexibility index (Phi) is 7.77. The third-order valence-corrected chi connectivity index (χ3v) is 11.4. The van der Waals surface area contributed by atoms with E-state index >= 15 is 0 Å². The number of amides is 1. The minimum Gasteiger partial charge on any atom is -0.485 e. The van der Waals surface area contributed by atoms with Gasteiger partial charge in [0.05, 0.1) is 23.9 Å². The van der Waals surface area contributed by atoms with Gasteiger partial charge in [0, 0.05) is 17.3 Å². The number of benzene rings is 3. The first-order valence-electron chi connectivity index (χ1n) is 11.4. The van der Waals surface area contributed by atoms with E-state index in [4.69, 9.17) is 21.1 Å². The standard InChI is InChI=1S/C26H29N2O4PS2/c1-4-31-33(34,22-15-9-6-10-16-22)28(21-13-7-5-8-14-21)35-19-27(25(29)30)23-17-11-12-20-18-26(2,3)32-24(20)23/h5-17H,4,18-19H2,1-3H3,(H,29,30). The molecular formula is C26H29N2O4PS2. The Morgan fingerprint density at radius 1 is 1.09 bits per heavy atom. The summed E-state index contributed by atoms with van der Waals surface area (Å²) in [5.74, 6) is 0.738. The van der Waals surface area contributed by atoms with Gasteiger partial charge in [-0.15, -0.1) is 0 Å². The number of rotatable bonds is 9. The van der Waals surface area contributed by atoms with Crippen molar-refractivity contribution in [3.8, 4) is 5.75 Å². The van der Waals surface area contributed by atoms with Crippen molar-refractivity contribution in [3.05, 3.63) is 84.4 Å². The fraction of sp³-hybridized carbons (Fsp3) is 0.269. The van der Waals surface area contributed by atoms with Gasteiger partial charge < -0.3 is 14.4 Å². The van der Waals surface area contributed by atoms with Gasteiger partial charge in [-0.3, -0.25) is 8.98 Å². The van der Waals surface area contributed by atoms with E-state index in [0.29, 0.717) is 18.0 Å². The molecular weight excluding hydrogens is 499 g/mol. The number of carboxylic acid groups (broad SMARTS) is 1. The lowest BCUT2D eigenvalue weighted by molar-refractivity contribution is 0.138. The van der Waals surface area contributed by atoms with Crippen LogP contribution in [0.2, 0.25) is 0 Å². The minimum atomic E-state index is -2.74. The molecule has 1 amide bonds. The smallest absolute Gasteiger partial charge is 0.412 e. The summed E-state index contributed by atoms with van der Waals surface area (Å²) in [6.45, 7) is 6.37. The quantitative estimate of drug-likeness (QED) is 0.189. The van der Waals surface area contributed by atoms with Gasteiger partial charge in [-0.1, -0.05) is 48.5 Å². The van der Waals surface area contributed by atoms with Crippen LogP contribution in [0, 0.1) is 0 Å². The van der Waals surface area contributed by atoms with Crippen LogP contribution in [0.15, 0.2) is 78.9 Å². The number of nitrogens with zero attached hydrogens (tertiary/aromatic N) is 2. The Morgan fingerprint density at radius 2 is 1.74 bits per heavy atom. The predicted molar refractivity (Wildman–Crippen MR) is 149 cm³/mol. The highest BCUT2D eigenvalue weighted by Gasteiger charge is 2.35. The summed E-state index contributed by atoms with van der Waals surface area (Å²) in [5, 5.41) is 11.1. The lowest BCUT2D eigenvalue weighted by Crippen LogP contribution is -2.32. The van der Waals surface area contributed by atoms with E-state index in [9.17, 15) is 9.90 Å². The lowest BCUT2D eigenvalue weighted by Gasteiger charge is -2.36. The molecule has 1 atom stereocenters. The fourth-order valence-corrected chi connectivity index (χ4v) is 9.15. The highest BCUT2D eigenvalue weighted by molar-refractivity contribution is 8.24. The monoisotopic (exact) mass is 528 g/mol. The zero-order valence-corrected chi connectivity index (χ0v) is 22.5. The van der Waals surface area contributed by atoms with Crippen LogP contribution < -0.4 is 19.0 Å². The first-order valence-corrected chi connectivity index (χ1v) is 15.0. The second-order valence-corrected chi connectivity index (χ2v) is 13.5. The Labute approximate surface area is 216 Å². The van der Waals surface area contributed by atoms with Crippen molar-refractivity contribution in [1.82, 2.24) is 0 Å². The van der Waals surface area contributed by atoms with Gasteiger partial charge in [-0.25, -0.2) is 4.79 Å². The third-order valence-electron chi connectivity index (χ3n) is 5.50. The molecule has 6 nitrogen and oxygen atoms in total. The molecule has 1 aliphatic heterocycles. The van der Waals surface area contributed by atoms with Crippen LogP contribution >= 0.6 is 18.4 Å². The molecule has 4 rings (SSSR count). The van der Waals surface area contributed by atoms with Crippen molar-refractivity contribution < 1.29 is 19.2 Å². The largest absolute Gasteiger partial charge is 0.485 e. The molecule has 0 aromatic heterocycles. The van der Waals surface area contributed by atoms with Crippen molar-refractivity contribution >= 4 is 52.9 Å². The normalized spacial score (nSPS) is 15.5. The van der Waals surface area contributed by atoms with Gasteiger partial charge in [0.2, 0.25) is 0 Å². The Balaban J connectivity index is 1.71. The average Bonchev–Trinajstić information content (AvgIpc) is 3.17. The van der Waals surface area contributed by atoms with Gasteiger partial charge in [-0.05, 0) is 74.9 Å². The van der Waals surface area contributed by atoms with Gasteiger partial charge in [0.1, 0.15) is 11.4 Å². The summed E-state index contributed by atoms with van der Waals surface area (Å²) in [6.07, 6.45) is -3.07. The van der Waals surface area contributed by atoms with E-state index < -0.39 is 12.5 Å². The molecule has 184 valence electrons. The molecule has 35 heavy (non-hydrogen) atoms. The summed E-state index contributed by atoms with van der Waals surface area (Å²) in [6, 6.07) is 25.2. The van der Waals surface area contributed by atoms with Crippen molar-refractivity contribution in [3.63, 3.8) is 0 Å². The van der Waals surface area contributed by atoms with Crippen LogP contribution in [0.5, 0.6) is 5.75 Å². The Morgan fingerprint density at radius 3 is 2.37 bits per heavy atom. The number of hydrogen-bond acceptors (Lipinski definition) is 5. The number of fused-ring (bicyclic) bond motifs is 1. The molecule has 0 bridgehead atoms. The lowest BCUT2D eigenvalue weighted by atomic mass is 10.0. The maximum absolute atomic E-state index is 12.4. The molecule has 1 aliphatic rings. The zero-order chi connectivity index (χ0) is 25.1. The van der Waals surface area contributed by atoms with Gasteiger partial charge in [-0.2, -0.15) is 0 Å². The van der Waals surface area contributed by atoms with E-state index in [0.717, 1.165) is 23.0 Å². The highest BCUT2D eigenvalue weighted by atomic mass is 32.5. The molecule has 0 aliphatic carbocycles. The molecule has 9 heteroatoms. The van der Waals surface area contributed by atoms with E-state index in [-0.39, 0.29) is 11.5 Å². The van der Waals surface area contributed by atoms with E-state index in [1.165, 1.54) is 16.8 Å².